The largest absolute Gasteiger partial charge is 0.487 e. The van der Waals surface area contributed by atoms with E-state index in [0.717, 1.165) is 16.8 Å². The van der Waals surface area contributed by atoms with Crippen molar-refractivity contribution in [2.24, 2.45) is 0 Å². The van der Waals surface area contributed by atoms with Gasteiger partial charge in [-0.2, -0.15) is 0 Å². The molecule has 0 aliphatic rings. The number of hydrogen-bond donors (Lipinski definition) is 1. The molecule has 2 aromatic carbocycles. The molecule has 4 rings (SSSR count). The minimum Gasteiger partial charge on any atom is -0.487 e. The van der Waals surface area contributed by atoms with Crippen molar-refractivity contribution in [3.8, 4) is 5.75 Å². The molecule has 0 spiro atoms. The lowest BCUT2D eigenvalue weighted by Gasteiger charge is -2.20. The lowest BCUT2D eigenvalue weighted by atomic mass is 9.99. The molecule has 0 saturated heterocycles. The summed E-state index contributed by atoms with van der Waals surface area (Å²) in [7, 11) is 0. The molecule has 2 heterocycles. The molecule has 1 N–H and O–H groups in total. The van der Waals surface area contributed by atoms with Gasteiger partial charge in [0.15, 0.2) is 0 Å². The van der Waals surface area contributed by atoms with Crippen LogP contribution in [0.5, 0.6) is 5.75 Å². The Hall–Kier alpha value is -3.51. The van der Waals surface area contributed by atoms with Crippen LogP contribution in [0.25, 0.3) is 0 Å². The van der Waals surface area contributed by atoms with Gasteiger partial charge in [0.25, 0.3) is 5.91 Å². The van der Waals surface area contributed by atoms with Crippen LogP contribution >= 0.6 is 11.3 Å². The fourth-order valence-corrected chi connectivity index (χ4v) is 3.49. The molecule has 2 aromatic heterocycles. The SMILES string of the molecule is O=C(NC(c1ccccc1)c1ccncc1)c1ccc(OCc2cscn2)cc1. The lowest BCUT2D eigenvalue weighted by Crippen LogP contribution is -2.29. The molecule has 4 aromatic rings. The van der Waals surface area contributed by atoms with Gasteiger partial charge in [-0.15, -0.1) is 11.3 Å². The first kappa shape index (κ1) is 18.8. The molecule has 0 fully saturated rings. The van der Waals surface area contributed by atoms with E-state index in [1.807, 2.05) is 47.8 Å². The summed E-state index contributed by atoms with van der Waals surface area (Å²) in [6.45, 7) is 0.410. The summed E-state index contributed by atoms with van der Waals surface area (Å²) in [5.74, 6) is 0.546. The molecule has 5 nitrogen and oxygen atoms in total. The van der Waals surface area contributed by atoms with E-state index in [1.54, 1.807) is 42.2 Å². The normalized spacial score (nSPS) is 11.6. The maximum atomic E-state index is 12.9. The maximum absolute atomic E-state index is 12.9. The molecule has 144 valence electrons. The van der Waals surface area contributed by atoms with Gasteiger partial charge in [-0.05, 0) is 47.5 Å². The van der Waals surface area contributed by atoms with E-state index < -0.39 is 0 Å². The first-order valence-electron chi connectivity index (χ1n) is 9.15. The molecule has 29 heavy (non-hydrogen) atoms. The number of carbonyl (C=O) groups is 1. The molecule has 1 amide bonds. The Morgan fingerprint density at radius 3 is 2.38 bits per heavy atom. The molecule has 1 atom stereocenters. The molecular formula is C23H19N3O2S. The fraction of sp³-hybridized carbons (Fsp3) is 0.0870. The van der Waals surface area contributed by atoms with Crippen molar-refractivity contribution in [2.45, 2.75) is 12.6 Å². The van der Waals surface area contributed by atoms with Gasteiger partial charge in [-0.25, -0.2) is 4.98 Å². The number of carbonyl (C=O) groups excluding carboxylic acids is 1. The van der Waals surface area contributed by atoms with Crippen LogP contribution in [0, 0.1) is 0 Å². The molecule has 0 radical (unpaired) electrons. The summed E-state index contributed by atoms with van der Waals surface area (Å²) in [6, 6.07) is 20.6. The Balaban J connectivity index is 1.47. The van der Waals surface area contributed by atoms with E-state index in [-0.39, 0.29) is 11.9 Å². The van der Waals surface area contributed by atoms with Crippen molar-refractivity contribution in [1.82, 2.24) is 15.3 Å². The highest BCUT2D eigenvalue weighted by molar-refractivity contribution is 7.07. The quantitative estimate of drug-likeness (QED) is 0.490. The molecule has 0 saturated carbocycles. The Labute approximate surface area is 173 Å². The second-order valence-electron chi connectivity index (χ2n) is 6.39. The smallest absolute Gasteiger partial charge is 0.252 e. The predicted octanol–water partition coefficient (Wildman–Crippen LogP) is 4.64. The van der Waals surface area contributed by atoms with Gasteiger partial charge in [0.2, 0.25) is 0 Å². The third-order valence-electron chi connectivity index (χ3n) is 4.43. The molecule has 0 aliphatic heterocycles. The fourth-order valence-electron chi connectivity index (χ4n) is 2.94. The minimum absolute atomic E-state index is 0.151. The molecule has 0 bridgehead atoms. The van der Waals surface area contributed by atoms with Crippen molar-refractivity contribution in [1.29, 1.82) is 0 Å². The van der Waals surface area contributed by atoms with Crippen molar-refractivity contribution >= 4 is 17.2 Å². The second kappa shape index (κ2) is 9.12. The third-order valence-corrected chi connectivity index (χ3v) is 5.07. The van der Waals surface area contributed by atoms with Crippen LogP contribution in [0.15, 0.2) is 90.0 Å². The zero-order valence-electron chi connectivity index (χ0n) is 15.6. The third kappa shape index (κ3) is 4.86. The Morgan fingerprint density at radius 2 is 1.69 bits per heavy atom. The van der Waals surface area contributed by atoms with E-state index in [4.69, 9.17) is 4.74 Å². The van der Waals surface area contributed by atoms with Gasteiger partial charge in [-0.1, -0.05) is 30.3 Å². The van der Waals surface area contributed by atoms with Crippen LogP contribution < -0.4 is 10.1 Å². The summed E-state index contributed by atoms with van der Waals surface area (Å²) in [4.78, 5) is 21.1. The van der Waals surface area contributed by atoms with E-state index in [0.29, 0.717) is 17.9 Å². The van der Waals surface area contributed by atoms with Crippen LogP contribution in [-0.4, -0.2) is 15.9 Å². The summed E-state index contributed by atoms with van der Waals surface area (Å²) < 4.78 is 5.71. The van der Waals surface area contributed by atoms with Crippen molar-refractivity contribution in [3.05, 3.63) is 112 Å². The topological polar surface area (TPSA) is 64.1 Å². The van der Waals surface area contributed by atoms with Crippen LogP contribution in [0.1, 0.15) is 33.2 Å². The average molecular weight is 401 g/mol. The zero-order chi connectivity index (χ0) is 19.9. The number of nitrogens with one attached hydrogen (secondary N) is 1. The number of aromatic nitrogens is 2. The van der Waals surface area contributed by atoms with Crippen LogP contribution in [0.3, 0.4) is 0 Å². The summed E-state index contributed by atoms with van der Waals surface area (Å²) in [5.41, 5.74) is 5.22. The van der Waals surface area contributed by atoms with Gasteiger partial charge >= 0.3 is 0 Å². The predicted molar refractivity (Wildman–Crippen MR) is 113 cm³/mol. The highest BCUT2D eigenvalue weighted by Gasteiger charge is 2.17. The van der Waals surface area contributed by atoms with E-state index >= 15 is 0 Å². The summed E-state index contributed by atoms with van der Waals surface area (Å²) >= 11 is 1.54. The second-order valence-corrected chi connectivity index (χ2v) is 7.11. The van der Waals surface area contributed by atoms with Gasteiger partial charge in [0.05, 0.1) is 17.2 Å². The maximum Gasteiger partial charge on any atom is 0.252 e. The van der Waals surface area contributed by atoms with Crippen LogP contribution in [0.2, 0.25) is 0 Å². The van der Waals surface area contributed by atoms with Crippen LogP contribution in [-0.2, 0) is 6.61 Å². The molecule has 0 aliphatic carbocycles. The number of rotatable bonds is 7. The standard InChI is InChI=1S/C23H19N3O2S/c27-23(19-6-8-21(9-7-19)28-14-20-15-29-16-25-20)26-22(17-4-2-1-3-5-17)18-10-12-24-13-11-18/h1-13,15-16,22H,14H2,(H,26,27). The van der Waals surface area contributed by atoms with E-state index in [2.05, 4.69) is 15.3 Å². The Morgan fingerprint density at radius 1 is 0.966 bits per heavy atom. The number of amides is 1. The van der Waals surface area contributed by atoms with Crippen molar-refractivity contribution < 1.29 is 9.53 Å². The highest BCUT2D eigenvalue weighted by atomic mass is 32.1. The monoisotopic (exact) mass is 401 g/mol. The van der Waals surface area contributed by atoms with Crippen molar-refractivity contribution in [3.63, 3.8) is 0 Å². The minimum atomic E-state index is -0.257. The van der Waals surface area contributed by atoms with Crippen LogP contribution in [0.4, 0.5) is 0 Å². The number of nitrogens with zero attached hydrogens (tertiary/aromatic N) is 2. The number of thiazole rings is 1. The average Bonchev–Trinajstić information content (AvgIpc) is 3.31. The van der Waals surface area contributed by atoms with Gasteiger partial charge in [-0.3, -0.25) is 9.78 Å². The molecule has 1 unspecified atom stereocenters. The number of hydrogen-bond acceptors (Lipinski definition) is 5. The number of benzene rings is 2. The van der Waals surface area contributed by atoms with E-state index in [9.17, 15) is 4.79 Å². The number of pyridine rings is 1. The summed E-state index contributed by atoms with van der Waals surface area (Å²) in [5, 5.41) is 5.07. The van der Waals surface area contributed by atoms with Crippen molar-refractivity contribution in [2.75, 3.05) is 0 Å². The Kier molecular flexibility index (Phi) is 5.92. The van der Waals surface area contributed by atoms with Gasteiger partial charge < -0.3 is 10.1 Å². The van der Waals surface area contributed by atoms with E-state index in [1.165, 1.54) is 11.3 Å². The molecule has 6 heteroatoms. The lowest BCUT2D eigenvalue weighted by molar-refractivity contribution is 0.0943. The first-order chi connectivity index (χ1) is 14.3. The first-order valence-corrected chi connectivity index (χ1v) is 10.1. The van der Waals surface area contributed by atoms with Gasteiger partial charge in [0.1, 0.15) is 12.4 Å². The summed E-state index contributed by atoms with van der Waals surface area (Å²) in [6.07, 6.45) is 3.46. The molecular weight excluding hydrogens is 382 g/mol. The van der Waals surface area contributed by atoms with Gasteiger partial charge in [0, 0.05) is 23.3 Å². The zero-order valence-corrected chi connectivity index (χ0v) is 16.4. The Bertz CT molecular complexity index is 997. The number of ether oxygens (including phenoxy) is 1. The highest BCUT2D eigenvalue weighted by Crippen LogP contribution is 2.22.